The first-order valence-corrected chi connectivity index (χ1v) is 9.75. The summed E-state index contributed by atoms with van der Waals surface area (Å²) in [6.07, 6.45) is 0. The lowest BCUT2D eigenvalue weighted by atomic mass is 10.1. The van der Waals surface area contributed by atoms with Gasteiger partial charge in [-0.25, -0.2) is 0 Å². The Bertz CT molecular complexity index is 1090. The summed E-state index contributed by atoms with van der Waals surface area (Å²) >= 11 is 1.03. The predicted octanol–water partition coefficient (Wildman–Crippen LogP) is 3.36. The molecular weight excluding hydrogens is 376 g/mol. The normalized spacial score (nSPS) is 10.9. The van der Waals surface area contributed by atoms with Gasteiger partial charge in [0, 0.05) is 33.7 Å². The van der Waals surface area contributed by atoms with Crippen LogP contribution in [0.15, 0.2) is 40.5 Å². The third-order valence-corrected chi connectivity index (χ3v) is 5.53. The van der Waals surface area contributed by atoms with E-state index in [1.54, 1.807) is 18.4 Å². The summed E-state index contributed by atoms with van der Waals surface area (Å²) in [5.74, 6) is -0.876. The van der Waals surface area contributed by atoms with Crippen LogP contribution in [0, 0.1) is 27.7 Å². The number of carbonyl (C=O) groups is 2. The van der Waals surface area contributed by atoms with Gasteiger partial charge in [-0.15, -0.1) is 0 Å². The summed E-state index contributed by atoms with van der Waals surface area (Å²) < 4.78 is 8.45. The molecule has 0 bridgehead atoms. The van der Waals surface area contributed by atoms with Gasteiger partial charge >= 0.3 is 10.8 Å². The fourth-order valence-corrected chi connectivity index (χ4v) is 3.87. The molecule has 0 aliphatic carbocycles. The fraction of sp³-hybridized carbons (Fsp3) is 0.286. The van der Waals surface area contributed by atoms with Gasteiger partial charge < -0.3 is 9.30 Å². The highest BCUT2D eigenvalue weighted by Gasteiger charge is 2.18. The first-order chi connectivity index (χ1) is 13.3. The van der Waals surface area contributed by atoms with Gasteiger partial charge in [-0.3, -0.25) is 19.0 Å². The minimum absolute atomic E-state index is 0.191. The molecule has 28 heavy (non-hydrogen) atoms. The maximum atomic E-state index is 12.6. The van der Waals surface area contributed by atoms with Crippen molar-refractivity contribution in [1.82, 2.24) is 9.13 Å². The number of nitrogens with zero attached hydrogens (tertiary/aromatic N) is 2. The summed E-state index contributed by atoms with van der Waals surface area (Å²) in [5.41, 5.74) is 5.08. The molecular formula is C21H22N2O4S. The molecule has 1 aromatic carbocycles. The number of aromatic nitrogens is 2. The SMILES string of the molecule is Cc1ccc(-n2c(C)cc(C(=O)COC(=O)Cn3c(C)csc3=O)c2C)cc1. The molecule has 2 aromatic heterocycles. The number of esters is 1. The standard InChI is InChI=1S/C21H22N2O4S/c1-13-5-7-17(8-6-13)23-14(2)9-18(16(23)4)19(24)11-27-20(25)10-22-15(3)12-28-21(22)26/h5-9,12H,10-11H2,1-4H3. The van der Waals surface area contributed by atoms with E-state index in [1.165, 1.54) is 4.57 Å². The smallest absolute Gasteiger partial charge is 0.326 e. The number of ketones is 1. The van der Waals surface area contributed by atoms with Gasteiger partial charge in [0.05, 0.1) is 0 Å². The molecule has 0 spiro atoms. The number of rotatable bonds is 6. The van der Waals surface area contributed by atoms with E-state index in [-0.39, 0.29) is 23.8 Å². The van der Waals surface area contributed by atoms with Crippen molar-refractivity contribution < 1.29 is 14.3 Å². The van der Waals surface area contributed by atoms with E-state index in [0.29, 0.717) is 11.3 Å². The van der Waals surface area contributed by atoms with Crippen LogP contribution in [0.4, 0.5) is 0 Å². The molecule has 3 rings (SSSR count). The van der Waals surface area contributed by atoms with Crippen molar-refractivity contribution in [3.63, 3.8) is 0 Å². The van der Waals surface area contributed by atoms with Crippen molar-refractivity contribution in [1.29, 1.82) is 0 Å². The van der Waals surface area contributed by atoms with Gasteiger partial charge in [0.15, 0.2) is 6.61 Å². The molecule has 0 aliphatic heterocycles. The second-order valence-corrected chi connectivity index (χ2v) is 7.59. The average molecular weight is 398 g/mol. The van der Waals surface area contributed by atoms with Crippen molar-refractivity contribution in [3.8, 4) is 5.69 Å². The first-order valence-electron chi connectivity index (χ1n) is 8.87. The molecule has 0 N–H and O–H groups in total. The third kappa shape index (κ3) is 3.99. The second kappa shape index (κ2) is 7.98. The van der Waals surface area contributed by atoms with E-state index in [4.69, 9.17) is 4.74 Å². The summed E-state index contributed by atoms with van der Waals surface area (Å²) in [7, 11) is 0. The lowest BCUT2D eigenvalue weighted by Gasteiger charge is -2.10. The van der Waals surface area contributed by atoms with Crippen LogP contribution >= 0.6 is 11.3 Å². The van der Waals surface area contributed by atoms with Gasteiger partial charge in [0.25, 0.3) is 0 Å². The number of Topliss-reactive ketones (excluding diaryl/α,β-unsaturated/α-hetero) is 1. The zero-order valence-electron chi connectivity index (χ0n) is 16.3. The van der Waals surface area contributed by atoms with E-state index in [0.717, 1.165) is 34.0 Å². The van der Waals surface area contributed by atoms with Crippen LogP contribution in [0.5, 0.6) is 0 Å². The molecule has 0 saturated heterocycles. The Morgan fingerprint density at radius 1 is 1.04 bits per heavy atom. The Morgan fingerprint density at radius 3 is 2.32 bits per heavy atom. The van der Waals surface area contributed by atoms with E-state index in [2.05, 4.69) is 0 Å². The van der Waals surface area contributed by atoms with E-state index in [9.17, 15) is 14.4 Å². The molecule has 0 unspecified atom stereocenters. The maximum Gasteiger partial charge on any atom is 0.326 e. The number of aryl methyl sites for hydroxylation is 3. The Labute approximate surface area is 167 Å². The van der Waals surface area contributed by atoms with E-state index in [1.807, 2.05) is 49.6 Å². The molecule has 0 aliphatic rings. The van der Waals surface area contributed by atoms with Crippen LogP contribution in [0.3, 0.4) is 0 Å². The van der Waals surface area contributed by atoms with Gasteiger partial charge in [0.1, 0.15) is 6.54 Å². The summed E-state index contributed by atoms with van der Waals surface area (Å²) in [5, 5.41) is 1.68. The van der Waals surface area contributed by atoms with Crippen molar-refractivity contribution in [3.05, 3.63) is 73.6 Å². The summed E-state index contributed by atoms with van der Waals surface area (Å²) in [4.78, 5) is 36.1. The minimum atomic E-state index is -0.607. The number of thiazole rings is 1. The highest BCUT2D eigenvalue weighted by atomic mass is 32.1. The molecule has 3 aromatic rings. The second-order valence-electron chi connectivity index (χ2n) is 6.77. The first kappa shape index (κ1) is 19.8. The molecule has 0 saturated carbocycles. The minimum Gasteiger partial charge on any atom is -0.456 e. The molecule has 0 atom stereocenters. The van der Waals surface area contributed by atoms with Gasteiger partial charge in [-0.2, -0.15) is 0 Å². The van der Waals surface area contributed by atoms with Crippen LogP contribution in [-0.4, -0.2) is 27.5 Å². The average Bonchev–Trinajstić information content (AvgIpc) is 3.13. The number of carbonyl (C=O) groups excluding carboxylic acids is 2. The Morgan fingerprint density at radius 2 is 1.71 bits per heavy atom. The Hall–Kier alpha value is -2.93. The topological polar surface area (TPSA) is 70.3 Å². The lowest BCUT2D eigenvalue weighted by Crippen LogP contribution is -2.24. The Balaban J connectivity index is 1.71. The molecule has 0 amide bonds. The fourth-order valence-electron chi connectivity index (χ4n) is 3.13. The highest BCUT2D eigenvalue weighted by molar-refractivity contribution is 7.07. The van der Waals surface area contributed by atoms with Crippen LogP contribution in [0.2, 0.25) is 0 Å². The Kier molecular flexibility index (Phi) is 5.65. The molecule has 7 heteroatoms. The van der Waals surface area contributed by atoms with Crippen LogP contribution < -0.4 is 4.87 Å². The van der Waals surface area contributed by atoms with Crippen LogP contribution in [0.1, 0.15) is 33.0 Å². The van der Waals surface area contributed by atoms with Crippen LogP contribution in [0.25, 0.3) is 5.69 Å². The van der Waals surface area contributed by atoms with E-state index >= 15 is 0 Å². The van der Waals surface area contributed by atoms with Crippen molar-refractivity contribution in [2.45, 2.75) is 34.2 Å². The maximum absolute atomic E-state index is 12.6. The predicted molar refractivity (Wildman–Crippen MR) is 109 cm³/mol. The largest absolute Gasteiger partial charge is 0.456 e. The zero-order chi connectivity index (χ0) is 20.4. The molecule has 6 nitrogen and oxygen atoms in total. The summed E-state index contributed by atoms with van der Waals surface area (Å²) in [6, 6.07) is 9.85. The molecule has 0 radical (unpaired) electrons. The molecule has 2 heterocycles. The number of hydrogen-bond acceptors (Lipinski definition) is 5. The highest BCUT2D eigenvalue weighted by Crippen LogP contribution is 2.21. The van der Waals surface area contributed by atoms with Crippen molar-refractivity contribution in [2.24, 2.45) is 0 Å². The van der Waals surface area contributed by atoms with E-state index < -0.39 is 5.97 Å². The van der Waals surface area contributed by atoms with Gasteiger partial charge in [0.2, 0.25) is 5.78 Å². The summed E-state index contributed by atoms with van der Waals surface area (Å²) in [6.45, 7) is 7.03. The zero-order valence-corrected chi connectivity index (χ0v) is 17.1. The quantitative estimate of drug-likeness (QED) is 0.472. The van der Waals surface area contributed by atoms with Gasteiger partial charge in [-0.1, -0.05) is 29.0 Å². The number of hydrogen-bond donors (Lipinski definition) is 0. The lowest BCUT2D eigenvalue weighted by molar-refractivity contribution is -0.143. The van der Waals surface area contributed by atoms with Gasteiger partial charge in [-0.05, 0) is 45.9 Å². The number of benzene rings is 1. The molecule has 146 valence electrons. The molecule has 0 fully saturated rings. The third-order valence-electron chi connectivity index (χ3n) is 4.65. The monoisotopic (exact) mass is 398 g/mol. The van der Waals surface area contributed by atoms with Crippen LogP contribution in [-0.2, 0) is 16.1 Å². The van der Waals surface area contributed by atoms with Crippen molar-refractivity contribution >= 4 is 23.1 Å². The van der Waals surface area contributed by atoms with Crippen molar-refractivity contribution in [2.75, 3.05) is 6.61 Å². The number of ether oxygens (including phenoxy) is 1.